The highest BCUT2D eigenvalue weighted by atomic mass is 32.1. The summed E-state index contributed by atoms with van der Waals surface area (Å²) < 4.78 is 13.3. The number of nitrogens with zero attached hydrogens (tertiary/aromatic N) is 1. The Hall–Kier alpha value is -1.26. The van der Waals surface area contributed by atoms with Crippen LogP contribution in [0.5, 0.6) is 0 Å². The molecule has 0 bridgehead atoms. The first-order valence-corrected chi connectivity index (χ1v) is 7.94. The van der Waals surface area contributed by atoms with Crippen LogP contribution in [0, 0.1) is 5.82 Å². The van der Waals surface area contributed by atoms with E-state index in [-0.39, 0.29) is 5.82 Å². The predicted molar refractivity (Wildman–Crippen MR) is 81.5 cm³/mol. The van der Waals surface area contributed by atoms with Crippen molar-refractivity contribution in [3.63, 3.8) is 0 Å². The van der Waals surface area contributed by atoms with Gasteiger partial charge in [0.05, 0.1) is 5.69 Å². The molecule has 3 rings (SSSR count). The number of benzene rings is 1. The number of thiazole rings is 1. The van der Waals surface area contributed by atoms with Gasteiger partial charge >= 0.3 is 0 Å². The fourth-order valence-electron chi connectivity index (χ4n) is 2.21. The molecule has 0 aliphatic heterocycles. The molecule has 1 aliphatic rings. The summed E-state index contributed by atoms with van der Waals surface area (Å²) in [6.45, 7) is 5.20. The predicted octanol–water partition coefficient (Wildman–Crippen LogP) is 4.32. The number of hydrogen-bond donors (Lipinski definition) is 1. The molecule has 0 atom stereocenters. The first-order chi connectivity index (χ1) is 9.63. The maximum Gasteiger partial charge on any atom is 0.124 e. The van der Waals surface area contributed by atoms with Crippen molar-refractivity contribution >= 4 is 11.3 Å². The quantitative estimate of drug-likeness (QED) is 0.887. The Kier molecular flexibility index (Phi) is 3.85. The molecule has 2 aromatic rings. The van der Waals surface area contributed by atoms with Crippen LogP contribution in [-0.4, -0.2) is 11.0 Å². The first kappa shape index (κ1) is 13.7. The maximum absolute atomic E-state index is 13.3. The zero-order valence-electron chi connectivity index (χ0n) is 11.8. The summed E-state index contributed by atoms with van der Waals surface area (Å²) in [5, 5.41) is 4.46. The number of nitrogens with one attached hydrogen (secondary N) is 1. The molecule has 106 valence electrons. The smallest absolute Gasteiger partial charge is 0.124 e. The summed E-state index contributed by atoms with van der Waals surface area (Å²) in [6.07, 6.45) is 2.57. The molecule has 1 N–H and O–H groups in total. The van der Waals surface area contributed by atoms with Crippen LogP contribution in [0.2, 0.25) is 0 Å². The Labute approximate surface area is 123 Å². The second-order valence-corrected chi connectivity index (χ2v) is 6.73. The van der Waals surface area contributed by atoms with Gasteiger partial charge in [-0.05, 0) is 30.9 Å². The fraction of sp³-hybridized carbons (Fsp3) is 0.438. The standard InChI is InChI=1S/C16H19FN2S/c1-10(2)15-14(9-18-13-6-7-13)20-16(19-15)11-4-3-5-12(17)8-11/h3-5,8,10,13,18H,6-7,9H2,1-2H3. The van der Waals surface area contributed by atoms with Gasteiger partial charge in [0.2, 0.25) is 0 Å². The van der Waals surface area contributed by atoms with Gasteiger partial charge in [-0.3, -0.25) is 0 Å². The van der Waals surface area contributed by atoms with Crippen LogP contribution in [0.4, 0.5) is 4.39 Å². The summed E-state index contributed by atoms with van der Waals surface area (Å²) in [5.41, 5.74) is 2.01. The number of rotatable bonds is 5. The second-order valence-electron chi connectivity index (χ2n) is 5.65. The lowest BCUT2D eigenvalue weighted by Crippen LogP contribution is -2.15. The topological polar surface area (TPSA) is 24.9 Å². The number of aromatic nitrogens is 1. The van der Waals surface area contributed by atoms with E-state index in [2.05, 4.69) is 19.2 Å². The van der Waals surface area contributed by atoms with E-state index in [1.165, 1.54) is 23.8 Å². The molecule has 1 saturated carbocycles. The van der Waals surface area contributed by atoms with Gasteiger partial charge in [0.1, 0.15) is 10.8 Å². The third kappa shape index (κ3) is 3.07. The van der Waals surface area contributed by atoms with E-state index in [0.717, 1.165) is 22.8 Å². The van der Waals surface area contributed by atoms with Crippen molar-refractivity contribution in [3.8, 4) is 10.6 Å². The Balaban J connectivity index is 1.89. The zero-order chi connectivity index (χ0) is 14.1. The summed E-state index contributed by atoms with van der Waals surface area (Å²) in [5.74, 6) is 0.186. The maximum atomic E-state index is 13.3. The molecule has 0 amide bonds. The van der Waals surface area contributed by atoms with Gasteiger partial charge in [-0.25, -0.2) is 9.37 Å². The minimum absolute atomic E-state index is 0.207. The average Bonchev–Trinajstić information content (AvgIpc) is 3.14. The van der Waals surface area contributed by atoms with Gasteiger partial charge in [0.15, 0.2) is 0 Å². The summed E-state index contributed by atoms with van der Waals surface area (Å²) in [4.78, 5) is 6.01. The van der Waals surface area contributed by atoms with E-state index in [0.29, 0.717) is 12.0 Å². The molecular weight excluding hydrogens is 271 g/mol. The molecule has 1 aromatic heterocycles. The minimum Gasteiger partial charge on any atom is -0.309 e. The number of hydrogen-bond acceptors (Lipinski definition) is 3. The molecule has 1 fully saturated rings. The lowest BCUT2D eigenvalue weighted by Gasteiger charge is -2.05. The van der Waals surface area contributed by atoms with E-state index in [9.17, 15) is 4.39 Å². The monoisotopic (exact) mass is 290 g/mol. The number of halogens is 1. The van der Waals surface area contributed by atoms with Gasteiger partial charge in [0, 0.05) is 23.0 Å². The van der Waals surface area contributed by atoms with Gasteiger partial charge in [0.25, 0.3) is 0 Å². The van der Waals surface area contributed by atoms with E-state index in [1.54, 1.807) is 23.5 Å². The average molecular weight is 290 g/mol. The largest absolute Gasteiger partial charge is 0.309 e. The van der Waals surface area contributed by atoms with Crippen molar-refractivity contribution in [1.82, 2.24) is 10.3 Å². The molecule has 0 spiro atoms. The van der Waals surface area contributed by atoms with Crippen LogP contribution in [0.25, 0.3) is 10.6 Å². The van der Waals surface area contributed by atoms with E-state index in [1.807, 2.05) is 6.07 Å². The highest BCUT2D eigenvalue weighted by Crippen LogP contribution is 2.32. The molecule has 1 aliphatic carbocycles. The molecule has 4 heteroatoms. The third-order valence-corrected chi connectivity index (χ3v) is 4.59. The Bertz CT molecular complexity index is 602. The zero-order valence-corrected chi connectivity index (χ0v) is 12.6. The Morgan fingerprint density at radius 3 is 2.85 bits per heavy atom. The van der Waals surface area contributed by atoms with Crippen molar-refractivity contribution in [1.29, 1.82) is 0 Å². The van der Waals surface area contributed by atoms with Crippen LogP contribution in [0.1, 0.15) is 43.2 Å². The minimum atomic E-state index is -0.207. The molecule has 0 radical (unpaired) electrons. The fourth-order valence-corrected chi connectivity index (χ4v) is 3.37. The molecule has 20 heavy (non-hydrogen) atoms. The Morgan fingerprint density at radius 2 is 2.20 bits per heavy atom. The molecule has 2 nitrogen and oxygen atoms in total. The molecule has 1 aromatic carbocycles. The van der Waals surface area contributed by atoms with E-state index in [4.69, 9.17) is 4.98 Å². The molecule has 0 saturated heterocycles. The third-order valence-electron chi connectivity index (χ3n) is 3.47. The molecular formula is C16H19FN2S. The lowest BCUT2D eigenvalue weighted by molar-refractivity contribution is 0.628. The van der Waals surface area contributed by atoms with E-state index < -0.39 is 0 Å². The Morgan fingerprint density at radius 1 is 1.40 bits per heavy atom. The summed E-state index contributed by atoms with van der Waals surface area (Å²) >= 11 is 1.68. The van der Waals surface area contributed by atoms with Crippen molar-refractivity contribution < 1.29 is 4.39 Å². The van der Waals surface area contributed by atoms with Crippen LogP contribution in [0.3, 0.4) is 0 Å². The normalized spacial score (nSPS) is 15.0. The first-order valence-electron chi connectivity index (χ1n) is 7.12. The van der Waals surface area contributed by atoms with Crippen molar-refractivity contribution in [2.45, 2.75) is 45.2 Å². The molecule has 1 heterocycles. The van der Waals surface area contributed by atoms with Crippen molar-refractivity contribution in [2.75, 3.05) is 0 Å². The van der Waals surface area contributed by atoms with Gasteiger partial charge < -0.3 is 5.32 Å². The van der Waals surface area contributed by atoms with Crippen molar-refractivity contribution in [3.05, 3.63) is 40.7 Å². The summed E-state index contributed by atoms with van der Waals surface area (Å²) in [6, 6.07) is 7.37. The lowest BCUT2D eigenvalue weighted by atomic mass is 10.1. The van der Waals surface area contributed by atoms with Gasteiger partial charge in [-0.15, -0.1) is 11.3 Å². The van der Waals surface area contributed by atoms with Crippen molar-refractivity contribution in [2.24, 2.45) is 0 Å². The van der Waals surface area contributed by atoms with Crippen LogP contribution >= 0.6 is 11.3 Å². The van der Waals surface area contributed by atoms with Crippen LogP contribution < -0.4 is 5.32 Å². The van der Waals surface area contributed by atoms with E-state index >= 15 is 0 Å². The highest BCUT2D eigenvalue weighted by molar-refractivity contribution is 7.15. The summed E-state index contributed by atoms with van der Waals surface area (Å²) in [7, 11) is 0. The van der Waals surface area contributed by atoms with Gasteiger partial charge in [-0.2, -0.15) is 0 Å². The second kappa shape index (κ2) is 5.62. The highest BCUT2D eigenvalue weighted by Gasteiger charge is 2.22. The SMILES string of the molecule is CC(C)c1nc(-c2cccc(F)c2)sc1CNC1CC1. The van der Waals surface area contributed by atoms with Crippen LogP contribution in [-0.2, 0) is 6.54 Å². The van der Waals surface area contributed by atoms with Crippen LogP contribution in [0.15, 0.2) is 24.3 Å². The molecule has 0 unspecified atom stereocenters. The van der Waals surface area contributed by atoms with Gasteiger partial charge in [-0.1, -0.05) is 26.0 Å².